The molecule has 0 saturated carbocycles. The molecule has 1 N–H and O–H groups in total. The SMILES string of the molecule is Cc1cc(C)cc(C(=O)Nc2nc(-c3ccccn3)cc3ccccc23)c1. The highest BCUT2D eigenvalue weighted by atomic mass is 16.1. The monoisotopic (exact) mass is 353 g/mol. The smallest absolute Gasteiger partial charge is 0.256 e. The predicted octanol–water partition coefficient (Wildman–Crippen LogP) is 5.17. The summed E-state index contributed by atoms with van der Waals surface area (Å²) < 4.78 is 0. The Kier molecular flexibility index (Phi) is 4.38. The van der Waals surface area contributed by atoms with Gasteiger partial charge in [0, 0.05) is 17.1 Å². The summed E-state index contributed by atoms with van der Waals surface area (Å²) in [5.41, 5.74) is 4.23. The molecule has 27 heavy (non-hydrogen) atoms. The molecule has 2 aromatic carbocycles. The van der Waals surface area contributed by atoms with Gasteiger partial charge in [0.1, 0.15) is 5.82 Å². The quantitative estimate of drug-likeness (QED) is 0.553. The highest BCUT2D eigenvalue weighted by Crippen LogP contribution is 2.27. The van der Waals surface area contributed by atoms with Gasteiger partial charge in [-0.15, -0.1) is 0 Å². The summed E-state index contributed by atoms with van der Waals surface area (Å²) in [5.74, 6) is 0.371. The largest absolute Gasteiger partial charge is 0.306 e. The van der Waals surface area contributed by atoms with Crippen molar-refractivity contribution in [3.05, 3.63) is 89.6 Å². The Balaban J connectivity index is 1.79. The normalized spacial score (nSPS) is 10.7. The third-order valence-corrected chi connectivity index (χ3v) is 4.38. The lowest BCUT2D eigenvalue weighted by atomic mass is 10.1. The molecule has 1 amide bonds. The number of carbonyl (C=O) groups is 1. The third-order valence-electron chi connectivity index (χ3n) is 4.38. The highest BCUT2D eigenvalue weighted by Gasteiger charge is 2.13. The summed E-state index contributed by atoms with van der Waals surface area (Å²) in [7, 11) is 0. The summed E-state index contributed by atoms with van der Waals surface area (Å²) in [4.78, 5) is 21.9. The predicted molar refractivity (Wildman–Crippen MR) is 109 cm³/mol. The lowest BCUT2D eigenvalue weighted by Crippen LogP contribution is -2.14. The topological polar surface area (TPSA) is 54.9 Å². The molecule has 0 unspecified atom stereocenters. The second-order valence-electron chi connectivity index (χ2n) is 6.62. The van der Waals surface area contributed by atoms with Crippen molar-refractivity contribution in [1.82, 2.24) is 9.97 Å². The molecule has 0 saturated heterocycles. The van der Waals surface area contributed by atoms with Crippen LogP contribution in [0.1, 0.15) is 21.5 Å². The van der Waals surface area contributed by atoms with Crippen LogP contribution in [0.4, 0.5) is 5.82 Å². The maximum absolute atomic E-state index is 12.8. The Labute approximate surface area is 157 Å². The average Bonchev–Trinajstić information content (AvgIpc) is 2.68. The first-order valence-corrected chi connectivity index (χ1v) is 8.81. The molecule has 0 spiro atoms. The molecule has 2 heterocycles. The van der Waals surface area contributed by atoms with Crippen LogP contribution in [0.5, 0.6) is 0 Å². The van der Waals surface area contributed by atoms with E-state index in [2.05, 4.69) is 15.3 Å². The Morgan fingerprint density at radius 1 is 0.852 bits per heavy atom. The number of benzene rings is 2. The zero-order valence-electron chi connectivity index (χ0n) is 15.2. The number of amides is 1. The number of hydrogen-bond donors (Lipinski definition) is 1. The molecule has 0 aliphatic rings. The van der Waals surface area contributed by atoms with Gasteiger partial charge in [0.15, 0.2) is 0 Å². The van der Waals surface area contributed by atoms with Gasteiger partial charge in [-0.25, -0.2) is 4.98 Å². The van der Waals surface area contributed by atoms with Gasteiger partial charge < -0.3 is 5.32 Å². The van der Waals surface area contributed by atoms with E-state index >= 15 is 0 Å². The number of aromatic nitrogens is 2. The highest BCUT2D eigenvalue weighted by molar-refractivity contribution is 6.08. The lowest BCUT2D eigenvalue weighted by molar-refractivity contribution is 0.102. The van der Waals surface area contributed by atoms with Crippen molar-refractivity contribution in [2.24, 2.45) is 0 Å². The summed E-state index contributed by atoms with van der Waals surface area (Å²) in [6.07, 6.45) is 1.74. The van der Waals surface area contributed by atoms with E-state index < -0.39 is 0 Å². The summed E-state index contributed by atoms with van der Waals surface area (Å²) in [6.45, 7) is 3.97. The van der Waals surface area contributed by atoms with Crippen molar-refractivity contribution < 1.29 is 4.79 Å². The molecule has 4 nitrogen and oxygen atoms in total. The van der Waals surface area contributed by atoms with Gasteiger partial charge in [-0.3, -0.25) is 9.78 Å². The number of anilines is 1. The van der Waals surface area contributed by atoms with Crippen LogP contribution in [0.15, 0.2) is 72.9 Å². The summed E-state index contributed by atoms with van der Waals surface area (Å²) in [5, 5.41) is 4.89. The molecule has 0 aliphatic carbocycles. The first-order valence-electron chi connectivity index (χ1n) is 8.81. The van der Waals surface area contributed by atoms with Crippen molar-refractivity contribution in [3.63, 3.8) is 0 Å². The van der Waals surface area contributed by atoms with Gasteiger partial charge >= 0.3 is 0 Å². The minimum Gasteiger partial charge on any atom is -0.306 e. The van der Waals surface area contributed by atoms with Crippen molar-refractivity contribution in [2.75, 3.05) is 5.32 Å². The molecule has 132 valence electrons. The number of rotatable bonds is 3. The maximum Gasteiger partial charge on any atom is 0.256 e. The Bertz CT molecular complexity index is 1120. The summed E-state index contributed by atoms with van der Waals surface area (Å²) in [6, 6.07) is 21.4. The van der Waals surface area contributed by atoms with E-state index in [4.69, 9.17) is 0 Å². The molecule has 0 bridgehead atoms. The van der Waals surface area contributed by atoms with Gasteiger partial charge in [0.2, 0.25) is 0 Å². The van der Waals surface area contributed by atoms with Crippen LogP contribution in [0.3, 0.4) is 0 Å². The molecule has 0 fully saturated rings. The van der Waals surface area contributed by atoms with Gasteiger partial charge in [0.05, 0.1) is 11.4 Å². The van der Waals surface area contributed by atoms with E-state index in [1.54, 1.807) is 6.20 Å². The number of nitrogens with zero attached hydrogens (tertiary/aromatic N) is 2. The Hall–Kier alpha value is -3.53. The van der Waals surface area contributed by atoms with Gasteiger partial charge in [0.25, 0.3) is 5.91 Å². The number of pyridine rings is 2. The van der Waals surface area contributed by atoms with Crippen LogP contribution in [0.2, 0.25) is 0 Å². The number of fused-ring (bicyclic) bond motifs is 1. The van der Waals surface area contributed by atoms with E-state index in [-0.39, 0.29) is 5.91 Å². The van der Waals surface area contributed by atoms with Crippen LogP contribution in [0, 0.1) is 13.8 Å². The third kappa shape index (κ3) is 3.55. The van der Waals surface area contributed by atoms with E-state index in [9.17, 15) is 4.79 Å². The van der Waals surface area contributed by atoms with E-state index in [1.165, 1.54) is 0 Å². The molecular weight excluding hydrogens is 334 g/mol. The van der Waals surface area contributed by atoms with E-state index in [0.717, 1.165) is 33.3 Å². The van der Waals surface area contributed by atoms with E-state index in [1.807, 2.05) is 80.6 Å². The molecule has 4 rings (SSSR count). The van der Waals surface area contributed by atoms with Crippen molar-refractivity contribution in [2.45, 2.75) is 13.8 Å². The second kappa shape index (κ2) is 7.00. The fourth-order valence-electron chi connectivity index (χ4n) is 3.23. The minimum atomic E-state index is -0.169. The number of aryl methyl sites for hydroxylation is 2. The standard InChI is InChI=1S/C23H19N3O/c1-15-11-16(2)13-18(12-15)23(27)26-22-19-8-4-3-7-17(19)14-21(25-22)20-9-5-6-10-24-20/h3-14H,1-2H3,(H,25,26,27). The van der Waals surface area contributed by atoms with E-state index in [0.29, 0.717) is 11.4 Å². The van der Waals surface area contributed by atoms with Crippen LogP contribution in [-0.4, -0.2) is 15.9 Å². The van der Waals surface area contributed by atoms with Crippen molar-refractivity contribution >= 4 is 22.5 Å². The number of hydrogen-bond acceptors (Lipinski definition) is 3. The fourth-order valence-corrected chi connectivity index (χ4v) is 3.23. The van der Waals surface area contributed by atoms with Crippen molar-refractivity contribution in [3.8, 4) is 11.4 Å². The number of carbonyl (C=O) groups excluding carboxylic acids is 1. The van der Waals surface area contributed by atoms with Crippen molar-refractivity contribution in [1.29, 1.82) is 0 Å². The molecule has 4 heteroatoms. The Morgan fingerprint density at radius 2 is 1.59 bits per heavy atom. The minimum absolute atomic E-state index is 0.169. The molecule has 0 atom stereocenters. The molecule has 4 aromatic rings. The first-order chi connectivity index (χ1) is 13.1. The lowest BCUT2D eigenvalue weighted by Gasteiger charge is -2.11. The molecule has 2 aromatic heterocycles. The zero-order valence-corrected chi connectivity index (χ0v) is 15.2. The van der Waals surface area contributed by atoms with Gasteiger partial charge in [-0.2, -0.15) is 0 Å². The van der Waals surface area contributed by atoms with Crippen LogP contribution in [0.25, 0.3) is 22.2 Å². The van der Waals surface area contributed by atoms with Crippen LogP contribution >= 0.6 is 0 Å². The first kappa shape index (κ1) is 16.9. The van der Waals surface area contributed by atoms with Crippen LogP contribution < -0.4 is 5.32 Å². The fraction of sp³-hybridized carbons (Fsp3) is 0.0870. The maximum atomic E-state index is 12.8. The number of nitrogens with one attached hydrogen (secondary N) is 1. The Morgan fingerprint density at radius 3 is 2.33 bits per heavy atom. The second-order valence-corrected chi connectivity index (χ2v) is 6.62. The zero-order chi connectivity index (χ0) is 18.8. The molecular formula is C23H19N3O. The summed E-state index contributed by atoms with van der Waals surface area (Å²) >= 11 is 0. The molecule has 0 radical (unpaired) electrons. The average molecular weight is 353 g/mol. The van der Waals surface area contributed by atoms with Gasteiger partial charge in [-0.1, -0.05) is 47.5 Å². The van der Waals surface area contributed by atoms with Crippen LogP contribution in [-0.2, 0) is 0 Å². The molecule has 0 aliphatic heterocycles. The van der Waals surface area contributed by atoms with Gasteiger partial charge in [-0.05, 0) is 49.6 Å².